The molecule has 80 valence electrons. The molecule has 1 aliphatic rings. The summed E-state index contributed by atoms with van der Waals surface area (Å²) in [6.07, 6.45) is 0.393. The predicted molar refractivity (Wildman–Crippen MR) is 58.1 cm³/mol. The van der Waals surface area contributed by atoms with Gasteiger partial charge < -0.3 is 0 Å². The van der Waals surface area contributed by atoms with Crippen LogP contribution in [0.4, 0.5) is 0 Å². The summed E-state index contributed by atoms with van der Waals surface area (Å²) in [4.78, 5) is 24.6. The summed E-state index contributed by atoms with van der Waals surface area (Å²) in [7, 11) is 0. The van der Waals surface area contributed by atoms with Crippen LogP contribution in [-0.2, 0) is 9.59 Å². The minimum Gasteiger partial charge on any atom is -0.281 e. The van der Waals surface area contributed by atoms with Crippen LogP contribution in [-0.4, -0.2) is 34.3 Å². The Morgan fingerprint density at radius 1 is 1.50 bits per heavy atom. The highest BCUT2D eigenvalue weighted by atomic mass is 32.2. The lowest BCUT2D eigenvalue weighted by Gasteiger charge is -2.16. The highest BCUT2D eigenvalue weighted by molar-refractivity contribution is 8.00. The van der Waals surface area contributed by atoms with E-state index in [4.69, 9.17) is 0 Å². The maximum Gasteiger partial charge on any atom is 0.242 e. The van der Waals surface area contributed by atoms with Gasteiger partial charge in [-0.15, -0.1) is 11.8 Å². The first kappa shape index (κ1) is 11.6. The van der Waals surface area contributed by atoms with Gasteiger partial charge in [-0.25, -0.2) is 0 Å². The molecule has 1 unspecified atom stereocenters. The number of rotatable bonds is 4. The van der Waals surface area contributed by atoms with Crippen molar-refractivity contribution in [3.05, 3.63) is 0 Å². The molecule has 4 heteroatoms. The lowest BCUT2D eigenvalue weighted by atomic mass is 10.2. The van der Waals surface area contributed by atoms with Crippen LogP contribution in [0.2, 0.25) is 0 Å². The van der Waals surface area contributed by atoms with Gasteiger partial charge in [0.2, 0.25) is 11.8 Å². The third-order valence-corrected chi connectivity index (χ3v) is 3.22. The van der Waals surface area contributed by atoms with Crippen LogP contribution in [0, 0.1) is 5.92 Å². The Bertz CT molecular complexity index is 240. The summed E-state index contributed by atoms with van der Waals surface area (Å²) in [5.41, 5.74) is 0. The SMILES string of the molecule is CCSC1CC(=O)N(CC(C)C)C1=O. The highest BCUT2D eigenvalue weighted by Gasteiger charge is 2.38. The number of imide groups is 1. The fourth-order valence-corrected chi connectivity index (χ4v) is 2.47. The van der Waals surface area contributed by atoms with Gasteiger partial charge in [0.1, 0.15) is 0 Å². The van der Waals surface area contributed by atoms with Gasteiger partial charge in [0.25, 0.3) is 0 Å². The molecule has 1 rings (SSSR count). The van der Waals surface area contributed by atoms with Crippen molar-refractivity contribution >= 4 is 23.6 Å². The summed E-state index contributed by atoms with van der Waals surface area (Å²) < 4.78 is 0. The van der Waals surface area contributed by atoms with Gasteiger partial charge in [0, 0.05) is 13.0 Å². The van der Waals surface area contributed by atoms with E-state index < -0.39 is 0 Å². The Balaban J connectivity index is 2.61. The van der Waals surface area contributed by atoms with Gasteiger partial charge in [0.05, 0.1) is 5.25 Å². The second kappa shape index (κ2) is 4.82. The first-order valence-corrected chi connectivity index (χ1v) is 6.07. The van der Waals surface area contributed by atoms with Gasteiger partial charge in [-0.2, -0.15) is 0 Å². The second-order valence-corrected chi connectivity index (χ2v) is 5.36. The average molecular weight is 215 g/mol. The fraction of sp³-hybridized carbons (Fsp3) is 0.800. The predicted octanol–water partition coefficient (Wildman–Crippen LogP) is 1.52. The van der Waals surface area contributed by atoms with E-state index in [2.05, 4.69) is 0 Å². The molecule has 1 aliphatic heterocycles. The molecule has 0 aromatic carbocycles. The molecule has 1 saturated heterocycles. The quantitative estimate of drug-likeness (QED) is 0.667. The van der Waals surface area contributed by atoms with Crippen LogP contribution in [0.5, 0.6) is 0 Å². The smallest absolute Gasteiger partial charge is 0.242 e. The van der Waals surface area contributed by atoms with E-state index in [-0.39, 0.29) is 17.1 Å². The topological polar surface area (TPSA) is 37.4 Å². The number of amides is 2. The van der Waals surface area contributed by atoms with Gasteiger partial charge in [-0.1, -0.05) is 20.8 Å². The molecule has 0 aromatic heterocycles. The van der Waals surface area contributed by atoms with Crippen molar-refractivity contribution in [1.29, 1.82) is 0 Å². The molecule has 0 spiro atoms. The van der Waals surface area contributed by atoms with Crippen molar-refractivity contribution in [2.24, 2.45) is 5.92 Å². The van der Waals surface area contributed by atoms with Crippen molar-refractivity contribution in [3.63, 3.8) is 0 Å². The molecule has 2 amide bonds. The molecule has 0 N–H and O–H groups in total. The Kier molecular flexibility index (Phi) is 3.98. The molecule has 1 atom stereocenters. The van der Waals surface area contributed by atoms with E-state index >= 15 is 0 Å². The molecule has 0 aliphatic carbocycles. The normalized spacial score (nSPS) is 22.6. The number of thioether (sulfide) groups is 1. The van der Waals surface area contributed by atoms with Crippen molar-refractivity contribution in [2.75, 3.05) is 12.3 Å². The zero-order valence-corrected chi connectivity index (χ0v) is 9.76. The zero-order chi connectivity index (χ0) is 10.7. The highest BCUT2D eigenvalue weighted by Crippen LogP contribution is 2.25. The maximum atomic E-state index is 11.7. The van der Waals surface area contributed by atoms with E-state index in [0.29, 0.717) is 18.9 Å². The van der Waals surface area contributed by atoms with Crippen molar-refractivity contribution in [3.8, 4) is 0 Å². The van der Waals surface area contributed by atoms with Crippen molar-refractivity contribution < 1.29 is 9.59 Å². The Labute approximate surface area is 89.2 Å². The van der Waals surface area contributed by atoms with Crippen molar-refractivity contribution in [1.82, 2.24) is 4.90 Å². The number of nitrogens with zero attached hydrogens (tertiary/aromatic N) is 1. The lowest BCUT2D eigenvalue weighted by Crippen LogP contribution is -2.34. The van der Waals surface area contributed by atoms with Crippen molar-refractivity contribution in [2.45, 2.75) is 32.4 Å². The number of likely N-dealkylation sites (tertiary alicyclic amines) is 1. The number of carbonyl (C=O) groups is 2. The minimum absolute atomic E-state index is 0.00495. The lowest BCUT2D eigenvalue weighted by molar-refractivity contribution is -0.138. The molecule has 0 aromatic rings. The molecular formula is C10H17NO2S. The Hall–Kier alpha value is -0.510. The third kappa shape index (κ3) is 2.50. The van der Waals surface area contributed by atoms with Gasteiger partial charge in [-0.05, 0) is 11.7 Å². The largest absolute Gasteiger partial charge is 0.281 e. The summed E-state index contributed by atoms with van der Waals surface area (Å²) in [6.45, 7) is 6.60. The van der Waals surface area contributed by atoms with E-state index in [1.807, 2.05) is 20.8 Å². The summed E-state index contributed by atoms with van der Waals surface area (Å²) in [6, 6.07) is 0. The Morgan fingerprint density at radius 3 is 2.64 bits per heavy atom. The molecular weight excluding hydrogens is 198 g/mol. The van der Waals surface area contributed by atoms with E-state index in [1.54, 1.807) is 11.8 Å². The molecule has 0 bridgehead atoms. The monoisotopic (exact) mass is 215 g/mol. The van der Waals surface area contributed by atoms with Crippen LogP contribution in [0.1, 0.15) is 27.2 Å². The van der Waals surface area contributed by atoms with Crippen LogP contribution in [0.15, 0.2) is 0 Å². The number of hydrogen-bond acceptors (Lipinski definition) is 3. The molecule has 14 heavy (non-hydrogen) atoms. The van der Waals surface area contributed by atoms with Crippen LogP contribution in [0.3, 0.4) is 0 Å². The average Bonchev–Trinajstić information content (AvgIpc) is 2.33. The van der Waals surface area contributed by atoms with E-state index in [9.17, 15) is 9.59 Å². The van der Waals surface area contributed by atoms with Crippen LogP contribution < -0.4 is 0 Å². The molecule has 0 radical (unpaired) electrons. The summed E-state index contributed by atoms with van der Waals surface area (Å²) in [5, 5.41) is -0.119. The molecule has 1 heterocycles. The van der Waals surface area contributed by atoms with Gasteiger partial charge in [-0.3, -0.25) is 14.5 Å². The summed E-state index contributed by atoms with van der Waals surface area (Å²) in [5.74, 6) is 1.25. The molecule has 0 saturated carbocycles. The molecule has 3 nitrogen and oxygen atoms in total. The standard InChI is InChI=1S/C10H17NO2S/c1-4-14-8-5-9(12)11(10(8)13)6-7(2)3/h7-8H,4-6H2,1-3H3. The number of carbonyl (C=O) groups excluding carboxylic acids is 2. The van der Waals surface area contributed by atoms with Gasteiger partial charge >= 0.3 is 0 Å². The zero-order valence-electron chi connectivity index (χ0n) is 8.95. The van der Waals surface area contributed by atoms with Crippen LogP contribution >= 0.6 is 11.8 Å². The first-order valence-electron chi connectivity index (χ1n) is 5.02. The number of hydrogen-bond donors (Lipinski definition) is 0. The first-order chi connectivity index (χ1) is 6.56. The Morgan fingerprint density at radius 2 is 2.14 bits per heavy atom. The van der Waals surface area contributed by atoms with Gasteiger partial charge in [0.15, 0.2) is 0 Å². The van der Waals surface area contributed by atoms with E-state index in [1.165, 1.54) is 4.90 Å². The minimum atomic E-state index is -0.119. The third-order valence-electron chi connectivity index (χ3n) is 2.12. The second-order valence-electron chi connectivity index (χ2n) is 3.88. The maximum absolute atomic E-state index is 11.7. The summed E-state index contributed by atoms with van der Waals surface area (Å²) >= 11 is 1.57. The molecule has 1 fully saturated rings. The van der Waals surface area contributed by atoms with Crippen LogP contribution in [0.25, 0.3) is 0 Å². The fourth-order valence-electron chi connectivity index (χ4n) is 1.54. The van der Waals surface area contributed by atoms with E-state index in [0.717, 1.165) is 5.75 Å².